The first-order valence-electron chi connectivity index (χ1n) is 4.74. The molecule has 5 nitrogen and oxygen atoms in total. The number of nitro benzene ring substituents is 1. The molecule has 0 saturated heterocycles. The summed E-state index contributed by atoms with van der Waals surface area (Å²) in [4.78, 5) is 9.92. The van der Waals surface area contributed by atoms with Crippen LogP contribution < -0.4 is 10.1 Å². The Labute approximate surface area is 97.7 Å². The molecule has 0 aromatic heterocycles. The molecule has 0 heterocycles. The van der Waals surface area contributed by atoms with Crippen molar-refractivity contribution < 1.29 is 14.1 Å². The van der Waals surface area contributed by atoms with E-state index in [0.717, 1.165) is 6.07 Å². The Morgan fingerprint density at radius 2 is 2.29 bits per heavy atom. The lowest BCUT2D eigenvalue weighted by Crippen LogP contribution is -2.13. The zero-order chi connectivity index (χ0) is 13.0. The lowest BCUT2D eigenvalue weighted by molar-refractivity contribution is -0.385. The molecular formula is C11H11FN2O3. The summed E-state index contributed by atoms with van der Waals surface area (Å²) in [5, 5.41) is 13.3. The molecule has 0 fully saturated rings. The summed E-state index contributed by atoms with van der Waals surface area (Å²) in [6.07, 6.45) is 5.14. The summed E-state index contributed by atoms with van der Waals surface area (Å²) in [6, 6.07) is 1.61. The standard InChI is InChI=1S/C11H11FN2O3/c1-4-7(2)13-9-6-11(17-3)10(14(15)16)5-8(9)12/h1,5-7,13H,2-3H3. The van der Waals surface area contributed by atoms with Crippen LogP contribution in [0, 0.1) is 28.3 Å². The van der Waals surface area contributed by atoms with Crippen LogP contribution in [0.4, 0.5) is 15.8 Å². The van der Waals surface area contributed by atoms with Gasteiger partial charge in [0.25, 0.3) is 0 Å². The van der Waals surface area contributed by atoms with E-state index in [2.05, 4.69) is 11.2 Å². The predicted octanol–water partition coefficient (Wildman–Crippen LogP) is 2.18. The number of hydrogen-bond acceptors (Lipinski definition) is 4. The average molecular weight is 238 g/mol. The van der Waals surface area contributed by atoms with Gasteiger partial charge in [0, 0.05) is 6.07 Å². The molecule has 0 aliphatic carbocycles. The Balaban J connectivity index is 3.19. The summed E-state index contributed by atoms with van der Waals surface area (Å²) in [5.74, 6) is 1.59. The second-order valence-corrected chi connectivity index (χ2v) is 3.29. The summed E-state index contributed by atoms with van der Waals surface area (Å²) in [7, 11) is 1.27. The first kappa shape index (κ1) is 12.8. The molecule has 17 heavy (non-hydrogen) atoms. The van der Waals surface area contributed by atoms with Crippen LogP contribution in [-0.2, 0) is 0 Å². The minimum atomic E-state index is -0.750. The van der Waals surface area contributed by atoms with Gasteiger partial charge in [0.15, 0.2) is 11.6 Å². The van der Waals surface area contributed by atoms with Gasteiger partial charge in [0.05, 0.1) is 29.8 Å². The van der Waals surface area contributed by atoms with Crippen LogP contribution >= 0.6 is 0 Å². The summed E-state index contributed by atoms with van der Waals surface area (Å²) in [5.41, 5.74) is -0.359. The lowest BCUT2D eigenvalue weighted by atomic mass is 10.2. The number of terminal acetylenes is 1. The molecule has 90 valence electrons. The van der Waals surface area contributed by atoms with E-state index < -0.39 is 22.5 Å². The highest BCUT2D eigenvalue weighted by atomic mass is 19.1. The monoisotopic (exact) mass is 238 g/mol. The normalized spacial score (nSPS) is 11.4. The van der Waals surface area contributed by atoms with Crippen LogP contribution in [0.3, 0.4) is 0 Å². The van der Waals surface area contributed by atoms with Crippen molar-refractivity contribution in [2.75, 3.05) is 12.4 Å². The van der Waals surface area contributed by atoms with E-state index in [4.69, 9.17) is 11.2 Å². The third-order valence-electron chi connectivity index (χ3n) is 2.09. The van der Waals surface area contributed by atoms with Gasteiger partial charge in [-0.2, -0.15) is 0 Å². The first-order chi connectivity index (χ1) is 7.99. The van der Waals surface area contributed by atoms with Crippen LogP contribution in [0.25, 0.3) is 0 Å². The molecule has 0 bridgehead atoms. The van der Waals surface area contributed by atoms with Crippen LogP contribution in [0.2, 0.25) is 0 Å². The van der Waals surface area contributed by atoms with Gasteiger partial charge in [0.1, 0.15) is 0 Å². The van der Waals surface area contributed by atoms with Gasteiger partial charge in [-0.15, -0.1) is 6.42 Å². The van der Waals surface area contributed by atoms with Gasteiger partial charge in [-0.3, -0.25) is 10.1 Å². The summed E-state index contributed by atoms with van der Waals surface area (Å²) in [6.45, 7) is 1.66. The average Bonchev–Trinajstić information content (AvgIpc) is 2.30. The zero-order valence-electron chi connectivity index (χ0n) is 9.36. The second-order valence-electron chi connectivity index (χ2n) is 3.29. The summed E-state index contributed by atoms with van der Waals surface area (Å²) >= 11 is 0. The molecule has 0 aliphatic heterocycles. The third-order valence-corrected chi connectivity index (χ3v) is 2.09. The molecule has 6 heteroatoms. The molecule has 0 radical (unpaired) electrons. The fourth-order valence-electron chi connectivity index (χ4n) is 1.23. The van der Waals surface area contributed by atoms with Crippen LogP contribution in [0.1, 0.15) is 6.92 Å². The van der Waals surface area contributed by atoms with Crippen molar-refractivity contribution in [1.29, 1.82) is 0 Å². The van der Waals surface area contributed by atoms with Gasteiger partial charge >= 0.3 is 5.69 Å². The maximum absolute atomic E-state index is 13.5. The van der Waals surface area contributed by atoms with Crippen LogP contribution in [-0.4, -0.2) is 18.1 Å². The molecule has 1 rings (SSSR count). The van der Waals surface area contributed by atoms with Crippen molar-refractivity contribution >= 4 is 11.4 Å². The Morgan fingerprint density at radius 3 is 2.76 bits per heavy atom. The topological polar surface area (TPSA) is 64.4 Å². The molecule has 1 aromatic rings. The predicted molar refractivity (Wildman–Crippen MR) is 61.5 cm³/mol. The third kappa shape index (κ3) is 2.84. The molecule has 0 saturated carbocycles. The molecule has 0 amide bonds. The van der Waals surface area contributed by atoms with E-state index in [9.17, 15) is 14.5 Å². The van der Waals surface area contributed by atoms with Crippen molar-refractivity contribution in [1.82, 2.24) is 0 Å². The van der Waals surface area contributed by atoms with E-state index in [1.807, 2.05) is 0 Å². The van der Waals surface area contributed by atoms with E-state index >= 15 is 0 Å². The maximum Gasteiger partial charge on any atom is 0.313 e. The van der Waals surface area contributed by atoms with Gasteiger partial charge in [-0.05, 0) is 6.92 Å². The van der Waals surface area contributed by atoms with Crippen molar-refractivity contribution in [3.05, 3.63) is 28.1 Å². The number of nitrogens with zero attached hydrogens (tertiary/aromatic N) is 1. The SMILES string of the molecule is C#CC(C)Nc1cc(OC)c([N+](=O)[O-])cc1F. The summed E-state index contributed by atoms with van der Waals surface area (Å²) < 4.78 is 18.3. The van der Waals surface area contributed by atoms with Crippen LogP contribution in [0.5, 0.6) is 5.75 Å². The quantitative estimate of drug-likeness (QED) is 0.496. The number of ether oxygens (including phenoxy) is 1. The lowest BCUT2D eigenvalue weighted by Gasteiger charge is -2.11. The fraction of sp³-hybridized carbons (Fsp3) is 0.273. The largest absolute Gasteiger partial charge is 0.490 e. The van der Waals surface area contributed by atoms with Crippen molar-refractivity contribution in [3.8, 4) is 18.1 Å². The Kier molecular flexibility index (Phi) is 3.88. The molecule has 1 atom stereocenters. The highest BCUT2D eigenvalue weighted by Crippen LogP contribution is 2.32. The van der Waals surface area contributed by atoms with Crippen molar-refractivity contribution in [2.45, 2.75) is 13.0 Å². The van der Waals surface area contributed by atoms with E-state index in [1.165, 1.54) is 13.2 Å². The number of halogens is 1. The number of anilines is 1. The highest BCUT2D eigenvalue weighted by molar-refractivity contribution is 5.59. The molecule has 1 unspecified atom stereocenters. The number of hydrogen-bond donors (Lipinski definition) is 1. The molecular weight excluding hydrogens is 227 g/mol. The van der Waals surface area contributed by atoms with E-state index in [0.29, 0.717) is 0 Å². The Bertz CT molecular complexity index is 482. The van der Waals surface area contributed by atoms with Crippen molar-refractivity contribution in [3.63, 3.8) is 0 Å². The number of nitrogens with one attached hydrogen (secondary N) is 1. The van der Waals surface area contributed by atoms with Crippen molar-refractivity contribution in [2.24, 2.45) is 0 Å². The van der Waals surface area contributed by atoms with E-state index in [-0.39, 0.29) is 11.4 Å². The Hall–Kier alpha value is -2.29. The van der Waals surface area contributed by atoms with E-state index in [1.54, 1.807) is 6.92 Å². The molecule has 0 aliphatic rings. The number of benzene rings is 1. The number of methoxy groups -OCH3 is 1. The minimum absolute atomic E-state index is 0.0249. The zero-order valence-corrected chi connectivity index (χ0v) is 9.36. The minimum Gasteiger partial charge on any atom is -0.490 e. The first-order valence-corrected chi connectivity index (χ1v) is 4.74. The molecule has 1 N–H and O–H groups in total. The molecule has 1 aromatic carbocycles. The maximum atomic E-state index is 13.5. The van der Waals surface area contributed by atoms with Gasteiger partial charge in [-0.25, -0.2) is 4.39 Å². The van der Waals surface area contributed by atoms with Gasteiger partial charge in [-0.1, -0.05) is 5.92 Å². The van der Waals surface area contributed by atoms with Crippen LogP contribution in [0.15, 0.2) is 12.1 Å². The molecule has 0 spiro atoms. The van der Waals surface area contributed by atoms with Gasteiger partial charge < -0.3 is 10.1 Å². The van der Waals surface area contributed by atoms with Gasteiger partial charge in [0.2, 0.25) is 0 Å². The highest BCUT2D eigenvalue weighted by Gasteiger charge is 2.19. The Morgan fingerprint density at radius 1 is 1.65 bits per heavy atom. The number of rotatable bonds is 4. The number of nitro groups is 1. The second kappa shape index (κ2) is 5.16. The fourth-order valence-corrected chi connectivity index (χ4v) is 1.23. The smallest absolute Gasteiger partial charge is 0.313 e.